The molecule has 0 bridgehead atoms. The van der Waals surface area contributed by atoms with Crippen molar-refractivity contribution in [3.63, 3.8) is 0 Å². The molecule has 1 aromatic carbocycles. The highest BCUT2D eigenvalue weighted by Crippen LogP contribution is 2.32. The summed E-state index contributed by atoms with van der Waals surface area (Å²) in [6.45, 7) is 6.90. The summed E-state index contributed by atoms with van der Waals surface area (Å²) in [5.74, 6) is 1.38. The lowest BCUT2D eigenvalue weighted by atomic mass is 10.0. The Morgan fingerprint density at radius 3 is 2.75 bits per heavy atom. The van der Waals surface area contributed by atoms with Crippen molar-refractivity contribution in [1.82, 2.24) is 0 Å². The molecule has 1 aliphatic rings. The standard InChI is InChI=1S/C13H19NO2/c1-8(2)13-7-14-11-6-10(9(3)15)4-5-12(11)16-13/h4-6,8-9,13-15H,7H2,1-3H3. The fraction of sp³-hybridized carbons (Fsp3) is 0.538. The first-order valence-electron chi connectivity index (χ1n) is 5.80. The van der Waals surface area contributed by atoms with Crippen molar-refractivity contribution >= 4 is 5.69 Å². The molecule has 88 valence electrons. The minimum atomic E-state index is -0.435. The van der Waals surface area contributed by atoms with Crippen molar-refractivity contribution in [2.45, 2.75) is 33.0 Å². The van der Waals surface area contributed by atoms with E-state index < -0.39 is 6.10 Å². The van der Waals surface area contributed by atoms with Crippen LogP contribution in [0.5, 0.6) is 5.75 Å². The minimum Gasteiger partial charge on any atom is -0.486 e. The van der Waals surface area contributed by atoms with Crippen LogP contribution in [0.25, 0.3) is 0 Å². The molecule has 0 spiro atoms. The van der Waals surface area contributed by atoms with Gasteiger partial charge in [0.1, 0.15) is 11.9 Å². The number of benzene rings is 1. The predicted octanol–water partition coefficient (Wildman–Crippen LogP) is 2.57. The first-order valence-corrected chi connectivity index (χ1v) is 5.80. The van der Waals surface area contributed by atoms with E-state index in [1.165, 1.54) is 0 Å². The van der Waals surface area contributed by atoms with Gasteiger partial charge in [-0.25, -0.2) is 0 Å². The third kappa shape index (κ3) is 2.14. The average Bonchev–Trinajstić information content (AvgIpc) is 2.27. The second kappa shape index (κ2) is 4.34. The highest BCUT2D eigenvalue weighted by atomic mass is 16.5. The Balaban J connectivity index is 2.22. The van der Waals surface area contributed by atoms with Gasteiger partial charge < -0.3 is 15.2 Å². The molecule has 3 nitrogen and oxygen atoms in total. The molecule has 2 unspecified atom stereocenters. The van der Waals surface area contributed by atoms with E-state index in [0.29, 0.717) is 5.92 Å². The van der Waals surface area contributed by atoms with Gasteiger partial charge in [0.05, 0.1) is 18.3 Å². The molecule has 0 aromatic heterocycles. The summed E-state index contributed by atoms with van der Waals surface area (Å²) in [5, 5.41) is 12.9. The maximum atomic E-state index is 9.50. The quantitative estimate of drug-likeness (QED) is 0.806. The van der Waals surface area contributed by atoms with Crippen LogP contribution in [0.2, 0.25) is 0 Å². The fourth-order valence-corrected chi connectivity index (χ4v) is 1.84. The third-order valence-corrected chi connectivity index (χ3v) is 3.00. The molecule has 2 atom stereocenters. The van der Waals surface area contributed by atoms with Crippen LogP contribution in [-0.2, 0) is 0 Å². The normalized spacial score (nSPS) is 20.9. The van der Waals surface area contributed by atoms with Crippen LogP contribution in [0.4, 0.5) is 5.69 Å². The van der Waals surface area contributed by atoms with Gasteiger partial charge in [-0.05, 0) is 30.5 Å². The number of anilines is 1. The first kappa shape index (κ1) is 11.3. The van der Waals surface area contributed by atoms with E-state index in [4.69, 9.17) is 4.74 Å². The van der Waals surface area contributed by atoms with Crippen molar-refractivity contribution in [2.75, 3.05) is 11.9 Å². The van der Waals surface area contributed by atoms with Crippen molar-refractivity contribution in [1.29, 1.82) is 0 Å². The smallest absolute Gasteiger partial charge is 0.142 e. The van der Waals surface area contributed by atoms with Gasteiger partial charge in [0, 0.05) is 0 Å². The molecule has 16 heavy (non-hydrogen) atoms. The van der Waals surface area contributed by atoms with E-state index in [1.807, 2.05) is 18.2 Å². The number of aliphatic hydroxyl groups is 1. The Labute approximate surface area is 96.4 Å². The summed E-state index contributed by atoms with van der Waals surface area (Å²) in [5.41, 5.74) is 1.90. The van der Waals surface area contributed by atoms with Crippen molar-refractivity contribution in [3.8, 4) is 5.75 Å². The Hall–Kier alpha value is -1.22. The molecule has 0 radical (unpaired) electrons. The zero-order valence-corrected chi connectivity index (χ0v) is 10.0. The highest BCUT2D eigenvalue weighted by Gasteiger charge is 2.22. The van der Waals surface area contributed by atoms with Gasteiger partial charge >= 0.3 is 0 Å². The van der Waals surface area contributed by atoms with E-state index in [9.17, 15) is 5.11 Å². The predicted molar refractivity (Wildman–Crippen MR) is 64.8 cm³/mol. The molecule has 2 N–H and O–H groups in total. The molecule has 0 saturated carbocycles. The number of ether oxygens (including phenoxy) is 1. The number of hydrogen-bond donors (Lipinski definition) is 2. The maximum absolute atomic E-state index is 9.50. The van der Waals surface area contributed by atoms with Crippen LogP contribution < -0.4 is 10.1 Å². The van der Waals surface area contributed by atoms with E-state index in [0.717, 1.165) is 23.5 Å². The van der Waals surface area contributed by atoms with Crippen molar-refractivity contribution in [3.05, 3.63) is 23.8 Å². The maximum Gasteiger partial charge on any atom is 0.142 e. The molecule has 0 saturated heterocycles. The van der Waals surface area contributed by atoms with E-state index >= 15 is 0 Å². The Morgan fingerprint density at radius 1 is 1.38 bits per heavy atom. The van der Waals surface area contributed by atoms with Crippen LogP contribution in [0, 0.1) is 5.92 Å². The number of rotatable bonds is 2. The topological polar surface area (TPSA) is 41.5 Å². The number of aliphatic hydroxyl groups excluding tert-OH is 1. The largest absolute Gasteiger partial charge is 0.486 e. The van der Waals surface area contributed by atoms with Gasteiger partial charge in [0.2, 0.25) is 0 Å². The second-order valence-electron chi connectivity index (χ2n) is 4.71. The average molecular weight is 221 g/mol. The second-order valence-corrected chi connectivity index (χ2v) is 4.71. The van der Waals surface area contributed by atoms with Crippen LogP contribution >= 0.6 is 0 Å². The molecular formula is C13H19NO2. The Bertz CT molecular complexity index is 374. The summed E-state index contributed by atoms with van der Waals surface area (Å²) >= 11 is 0. The van der Waals surface area contributed by atoms with Gasteiger partial charge in [-0.3, -0.25) is 0 Å². The summed E-state index contributed by atoms with van der Waals surface area (Å²) in [4.78, 5) is 0. The molecule has 0 aliphatic carbocycles. The summed E-state index contributed by atoms with van der Waals surface area (Å²) < 4.78 is 5.88. The molecule has 1 aliphatic heterocycles. The summed E-state index contributed by atoms with van der Waals surface area (Å²) in [6, 6.07) is 5.80. The summed E-state index contributed by atoms with van der Waals surface area (Å²) in [7, 11) is 0. The van der Waals surface area contributed by atoms with Gasteiger partial charge in [-0.15, -0.1) is 0 Å². The highest BCUT2D eigenvalue weighted by molar-refractivity contribution is 5.59. The fourth-order valence-electron chi connectivity index (χ4n) is 1.84. The van der Waals surface area contributed by atoms with Gasteiger partial charge in [-0.2, -0.15) is 0 Å². The van der Waals surface area contributed by atoms with Crippen LogP contribution in [0.15, 0.2) is 18.2 Å². The van der Waals surface area contributed by atoms with Crippen LogP contribution in [-0.4, -0.2) is 17.8 Å². The van der Waals surface area contributed by atoms with Gasteiger partial charge in [0.15, 0.2) is 0 Å². The van der Waals surface area contributed by atoms with E-state index in [1.54, 1.807) is 6.92 Å². The lowest BCUT2D eigenvalue weighted by Crippen LogP contribution is -2.34. The summed E-state index contributed by atoms with van der Waals surface area (Å²) in [6.07, 6.45) is -0.208. The van der Waals surface area contributed by atoms with Crippen molar-refractivity contribution in [2.24, 2.45) is 5.92 Å². The monoisotopic (exact) mass is 221 g/mol. The van der Waals surface area contributed by atoms with E-state index in [2.05, 4.69) is 19.2 Å². The minimum absolute atomic E-state index is 0.227. The zero-order valence-electron chi connectivity index (χ0n) is 10.0. The third-order valence-electron chi connectivity index (χ3n) is 3.00. The zero-order chi connectivity index (χ0) is 11.7. The Morgan fingerprint density at radius 2 is 2.12 bits per heavy atom. The lowest BCUT2D eigenvalue weighted by molar-refractivity contribution is 0.156. The molecule has 0 amide bonds. The Kier molecular flexibility index (Phi) is 3.06. The molecule has 3 heteroatoms. The van der Waals surface area contributed by atoms with Crippen LogP contribution in [0.3, 0.4) is 0 Å². The van der Waals surface area contributed by atoms with Crippen molar-refractivity contribution < 1.29 is 9.84 Å². The lowest BCUT2D eigenvalue weighted by Gasteiger charge is -2.30. The molecule has 1 aromatic rings. The molecular weight excluding hydrogens is 202 g/mol. The first-order chi connectivity index (χ1) is 7.58. The SMILES string of the molecule is CC(O)c1ccc2c(c1)NCC(C(C)C)O2. The van der Waals surface area contributed by atoms with Crippen LogP contribution in [0.1, 0.15) is 32.4 Å². The van der Waals surface area contributed by atoms with Gasteiger partial charge in [-0.1, -0.05) is 19.9 Å². The molecule has 2 rings (SSSR count). The molecule has 1 heterocycles. The van der Waals surface area contributed by atoms with Gasteiger partial charge in [0.25, 0.3) is 0 Å². The number of nitrogens with one attached hydrogen (secondary N) is 1. The number of hydrogen-bond acceptors (Lipinski definition) is 3. The number of fused-ring (bicyclic) bond motifs is 1. The van der Waals surface area contributed by atoms with E-state index in [-0.39, 0.29) is 6.10 Å². The molecule has 0 fully saturated rings.